The molecule has 0 fully saturated rings. The summed E-state index contributed by atoms with van der Waals surface area (Å²) in [6.07, 6.45) is 0.951. The van der Waals surface area contributed by atoms with Gasteiger partial charge in [-0.15, -0.1) is 23.2 Å². The Morgan fingerprint density at radius 1 is 1.00 bits per heavy atom. The molecule has 0 amide bonds. The lowest BCUT2D eigenvalue weighted by atomic mass is 9.87. The Hall–Kier alpha value is -1.99. The second-order valence-electron chi connectivity index (χ2n) is 6.78. The summed E-state index contributed by atoms with van der Waals surface area (Å²) in [4.78, 5) is 3.93. The van der Waals surface area contributed by atoms with Gasteiger partial charge in [-0.25, -0.2) is 9.67 Å². The fourth-order valence-corrected chi connectivity index (χ4v) is 3.24. The first kappa shape index (κ1) is 21.7. The summed E-state index contributed by atoms with van der Waals surface area (Å²) in [6.45, 7) is 1.79. The van der Waals surface area contributed by atoms with Crippen molar-refractivity contribution in [3.8, 4) is 17.2 Å². The lowest BCUT2D eigenvalue weighted by Crippen LogP contribution is -2.44. The molecule has 29 heavy (non-hydrogen) atoms. The summed E-state index contributed by atoms with van der Waals surface area (Å²) >= 11 is 18.0. The summed E-state index contributed by atoms with van der Waals surface area (Å²) in [5.41, 5.74) is -0.780. The van der Waals surface area contributed by atoms with Crippen LogP contribution >= 0.6 is 34.8 Å². The van der Waals surface area contributed by atoms with Crippen LogP contribution in [0.3, 0.4) is 0 Å². The monoisotopic (exact) mass is 455 g/mol. The number of nitrogens with zero attached hydrogens (tertiary/aromatic N) is 3. The first-order valence-corrected chi connectivity index (χ1v) is 10.2. The van der Waals surface area contributed by atoms with Crippen molar-refractivity contribution in [3.05, 3.63) is 66.2 Å². The molecule has 0 aliphatic carbocycles. The Labute approximate surface area is 183 Å². The minimum absolute atomic E-state index is 0.153. The van der Waals surface area contributed by atoms with E-state index in [1.165, 1.54) is 17.3 Å². The van der Waals surface area contributed by atoms with E-state index in [0.717, 1.165) is 0 Å². The number of hydrogen-bond acceptors (Lipinski definition) is 5. The maximum Gasteiger partial charge on any atom is 0.219 e. The Kier molecular flexibility index (Phi) is 7.24. The number of aliphatic hydroxyl groups excluding tert-OH is 1. The molecule has 0 saturated heterocycles. The average Bonchev–Trinajstić information content (AvgIpc) is 3.28. The van der Waals surface area contributed by atoms with E-state index in [2.05, 4.69) is 10.1 Å². The molecule has 0 saturated carbocycles. The first-order chi connectivity index (χ1) is 13.9. The predicted octanol–water partition coefficient (Wildman–Crippen LogP) is 5.15. The van der Waals surface area contributed by atoms with Gasteiger partial charge in [-0.1, -0.05) is 18.5 Å². The van der Waals surface area contributed by atoms with E-state index < -0.39 is 17.7 Å². The van der Waals surface area contributed by atoms with Gasteiger partial charge in [-0.3, -0.25) is 0 Å². The highest BCUT2D eigenvalue weighted by atomic mass is 35.5. The van der Waals surface area contributed by atoms with Crippen LogP contribution in [0.2, 0.25) is 5.02 Å². The topological polar surface area (TPSA) is 69.4 Å². The summed E-state index contributed by atoms with van der Waals surface area (Å²) < 4.78 is 13.2. The van der Waals surface area contributed by atoms with Crippen LogP contribution in [0.5, 0.6) is 17.2 Å². The number of aromatic nitrogens is 3. The Morgan fingerprint density at radius 2 is 1.55 bits per heavy atom. The number of benzene rings is 2. The molecular formula is C20H20Cl3N3O3. The lowest BCUT2D eigenvalue weighted by molar-refractivity contribution is -0.0706. The van der Waals surface area contributed by atoms with Gasteiger partial charge in [0.25, 0.3) is 0 Å². The zero-order valence-electron chi connectivity index (χ0n) is 15.6. The number of ether oxygens (including phenoxy) is 2. The number of aliphatic hydroxyl groups is 1. The van der Waals surface area contributed by atoms with Gasteiger partial charge in [0.15, 0.2) is 0 Å². The standard InChI is InChI=1S/C20H20Cl3N3O3/c1-20(10-21,11-22)18(27)19(26-13-24-12-25-26)29-17-8-6-16(7-9-17)28-15-4-2-14(23)3-5-15/h2-9,12-13,18-19,27H,10-11H2,1H3. The highest BCUT2D eigenvalue weighted by Crippen LogP contribution is 2.34. The second-order valence-corrected chi connectivity index (χ2v) is 7.75. The first-order valence-electron chi connectivity index (χ1n) is 8.79. The highest BCUT2D eigenvalue weighted by molar-refractivity contribution is 6.30. The third-order valence-corrected chi connectivity index (χ3v) is 5.90. The van der Waals surface area contributed by atoms with Crippen molar-refractivity contribution in [3.63, 3.8) is 0 Å². The van der Waals surface area contributed by atoms with Crippen molar-refractivity contribution in [1.82, 2.24) is 14.8 Å². The molecule has 1 heterocycles. The van der Waals surface area contributed by atoms with Crippen molar-refractivity contribution < 1.29 is 14.6 Å². The smallest absolute Gasteiger partial charge is 0.219 e. The van der Waals surface area contributed by atoms with E-state index in [1.54, 1.807) is 55.5 Å². The average molecular weight is 457 g/mol. The molecule has 0 spiro atoms. The van der Waals surface area contributed by atoms with E-state index >= 15 is 0 Å². The third-order valence-electron chi connectivity index (χ3n) is 4.42. The molecule has 154 valence electrons. The SMILES string of the molecule is CC(CCl)(CCl)C(O)C(Oc1ccc(Oc2ccc(Cl)cc2)cc1)n1cncn1. The largest absolute Gasteiger partial charge is 0.466 e. The van der Waals surface area contributed by atoms with Gasteiger partial charge in [-0.2, -0.15) is 5.10 Å². The molecule has 1 N–H and O–H groups in total. The molecule has 6 nitrogen and oxygen atoms in total. The van der Waals surface area contributed by atoms with Gasteiger partial charge < -0.3 is 14.6 Å². The van der Waals surface area contributed by atoms with Gasteiger partial charge in [0, 0.05) is 22.2 Å². The molecule has 0 radical (unpaired) electrons. The van der Waals surface area contributed by atoms with Crippen molar-refractivity contribution in [2.75, 3.05) is 11.8 Å². The third kappa shape index (κ3) is 5.34. The van der Waals surface area contributed by atoms with Crippen molar-refractivity contribution in [2.24, 2.45) is 5.41 Å². The predicted molar refractivity (Wildman–Crippen MR) is 113 cm³/mol. The van der Waals surface area contributed by atoms with Crippen molar-refractivity contribution in [1.29, 1.82) is 0 Å². The van der Waals surface area contributed by atoms with Gasteiger partial charge in [0.05, 0.1) is 0 Å². The van der Waals surface area contributed by atoms with Crippen LogP contribution in [0.15, 0.2) is 61.2 Å². The zero-order valence-corrected chi connectivity index (χ0v) is 17.8. The van der Waals surface area contributed by atoms with E-state index in [1.807, 2.05) is 0 Å². The van der Waals surface area contributed by atoms with Crippen molar-refractivity contribution >= 4 is 34.8 Å². The summed E-state index contributed by atoms with van der Waals surface area (Å²) in [6, 6.07) is 14.1. The van der Waals surface area contributed by atoms with E-state index in [-0.39, 0.29) is 11.8 Å². The maximum absolute atomic E-state index is 10.9. The van der Waals surface area contributed by atoms with Crippen LogP contribution in [0.4, 0.5) is 0 Å². The molecule has 2 unspecified atom stereocenters. The fraction of sp³-hybridized carbons (Fsp3) is 0.300. The van der Waals surface area contributed by atoms with E-state index in [4.69, 9.17) is 44.3 Å². The molecule has 0 aliphatic rings. The second kappa shape index (κ2) is 9.67. The normalized spacial score (nSPS) is 13.7. The van der Waals surface area contributed by atoms with E-state index in [9.17, 15) is 5.11 Å². The van der Waals surface area contributed by atoms with Crippen LogP contribution in [-0.2, 0) is 0 Å². The van der Waals surface area contributed by atoms with Gasteiger partial charge in [0.2, 0.25) is 6.23 Å². The molecule has 0 aliphatic heterocycles. The van der Waals surface area contributed by atoms with Crippen LogP contribution in [0.25, 0.3) is 0 Å². The van der Waals surface area contributed by atoms with Crippen LogP contribution in [0, 0.1) is 5.41 Å². The minimum Gasteiger partial charge on any atom is -0.466 e. The van der Waals surface area contributed by atoms with Gasteiger partial charge >= 0.3 is 0 Å². The summed E-state index contributed by atoms with van der Waals surface area (Å²) in [5, 5.41) is 15.6. The summed E-state index contributed by atoms with van der Waals surface area (Å²) in [5.74, 6) is 2.11. The molecule has 3 aromatic rings. The van der Waals surface area contributed by atoms with Crippen LogP contribution < -0.4 is 9.47 Å². The maximum atomic E-state index is 10.9. The Bertz CT molecular complexity index is 886. The number of alkyl halides is 2. The zero-order chi connectivity index (χ0) is 20.9. The lowest BCUT2D eigenvalue weighted by Gasteiger charge is -2.35. The molecule has 1 aromatic heterocycles. The molecule has 3 rings (SSSR count). The molecule has 2 atom stereocenters. The summed E-state index contributed by atoms with van der Waals surface area (Å²) in [7, 11) is 0. The molecule has 0 bridgehead atoms. The number of hydrogen-bond donors (Lipinski definition) is 1. The quantitative estimate of drug-likeness (QED) is 0.451. The van der Waals surface area contributed by atoms with E-state index in [0.29, 0.717) is 22.3 Å². The van der Waals surface area contributed by atoms with Crippen molar-refractivity contribution in [2.45, 2.75) is 19.3 Å². The number of rotatable bonds is 9. The number of halogens is 3. The fourth-order valence-electron chi connectivity index (χ4n) is 2.51. The molecule has 2 aromatic carbocycles. The van der Waals surface area contributed by atoms with Crippen LogP contribution in [-0.4, -0.2) is 37.7 Å². The van der Waals surface area contributed by atoms with Gasteiger partial charge in [0.1, 0.15) is 36.0 Å². The minimum atomic E-state index is -1.02. The molecular weight excluding hydrogens is 437 g/mol. The Balaban J connectivity index is 1.76. The highest BCUT2D eigenvalue weighted by Gasteiger charge is 2.40. The van der Waals surface area contributed by atoms with Crippen LogP contribution in [0.1, 0.15) is 13.2 Å². The van der Waals surface area contributed by atoms with Gasteiger partial charge in [-0.05, 0) is 48.5 Å². The Morgan fingerprint density at radius 3 is 2.07 bits per heavy atom. The molecule has 9 heteroatoms.